The molecule has 5 heteroatoms. The molecule has 2 aliphatic heterocycles. The van der Waals surface area contributed by atoms with E-state index >= 15 is 0 Å². The van der Waals surface area contributed by atoms with Gasteiger partial charge in [-0.2, -0.15) is 0 Å². The lowest BCUT2D eigenvalue weighted by Crippen LogP contribution is -2.45. The van der Waals surface area contributed by atoms with Crippen molar-refractivity contribution >= 4 is 17.5 Å². The van der Waals surface area contributed by atoms with E-state index in [-0.39, 0.29) is 12.0 Å². The van der Waals surface area contributed by atoms with Gasteiger partial charge in [0.2, 0.25) is 5.91 Å². The van der Waals surface area contributed by atoms with Crippen LogP contribution in [0.5, 0.6) is 0 Å². The molecule has 0 spiro atoms. The number of carbonyl (C=O) groups is 1. The predicted octanol–water partition coefficient (Wildman–Crippen LogP) is 3.12. The second kappa shape index (κ2) is 8.13. The summed E-state index contributed by atoms with van der Waals surface area (Å²) in [5.74, 6) is 0.267. The van der Waals surface area contributed by atoms with Crippen LogP contribution >= 0.6 is 11.6 Å². The third kappa shape index (κ3) is 4.69. The van der Waals surface area contributed by atoms with Crippen molar-refractivity contribution in [2.75, 3.05) is 39.3 Å². The fourth-order valence-corrected chi connectivity index (χ4v) is 3.46. The highest BCUT2D eigenvalue weighted by molar-refractivity contribution is 6.30. The highest BCUT2D eigenvalue weighted by Crippen LogP contribution is 2.23. The van der Waals surface area contributed by atoms with E-state index in [1.54, 1.807) is 0 Å². The minimum atomic E-state index is 0.0259. The molecule has 3 rings (SSSR count). The molecule has 126 valence electrons. The Morgan fingerprint density at radius 1 is 1.09 bits per heavy atom. The van der Waals surface area contributed by atoms with Crippen LogP contribution in [0.25, 0.3) is 0 Å². The number of halogens is 1. The summed E-state index contributed by atoms with van der Waals surface area (Å²) in [6.07, 6.45) is 4.81. The summed E-state index contributed by atoms with van der Waals surface area (Å²) in [5.41, 5.74) is 1.13. The van der Waals surface area contributed by atoms with E-state index in [1.165, 1.54) is 12.8 Å². The topological polar surface area (TPSA) is 32.8 Å². The minimum absolute atomic E-state index is 0.0259. The molecule has 2 heterocycles. The summed E-state index contributed by atoms with van der Waals surface area (Å²) in [7, 11) is 0. The summed E-state index contributed by atoms with van der Waals surface area (Å²) in [6, 6.07) is 7.80. The Labute approximate surface area is 143 Å². The SMILES string of the molecule is O=C(CN1CCO[C@H](c2ccc(Cl)cc2)C1)N1CCCCCC1. The number of hydrogen-bond donors (Lipinski definition) is 0. The number of morpholine rings is 1. The Kier molecular flexibility index (Phi) is 5.92. The number of amides is 1. The van der Waals surface area contributed by atoms with Crippen LogP contribution in [0, 0.1) is 0 Å². The van der Waals surface area contributed by atoms with E-state index in [0.717, 1.165) is 49.6 Å². The number of nitrogens with zero attached hydrogens (tertiary/aromatic N) is 2. The van der Waals surface area contributed by atoms with Crippen LogP contribution in [-0.4, -0.2) is 55.0 Å². The van der Waals surface area contributed by atoms with Crippen molar-refractivity contribution < 1.29 is 9.53 Å². The van der Waals surface area contributed by atoms with Crippen molar-refractivity contribution in [3.05, 3.63) is 34.9 Å². The predicted molar refractivity (Wildman–Crippen MR) is 91.6 cm³/mol. The van der Waals surface area contributed by atoms with Crippen molar-refractivity contribution in [1.29, 1.82) is 0 Å². The fourth-order valence-electron chi connectivity index (χ4n) is 3.34. The molecule has 23 heavy (non-hydrogen) atoms. The average molecular weight is 337 g/mol. The maximum absolute atomic E-state index is 12.5. The number of benzene rings is 1. The molecule has 1 aromatic rings. The van der Waals surface area contributed by atoms with Crippen LogP contribution in [0.4, 0.5) is 0 Å². The smallest absolute Gasteiger partial charge is 0.236 e. The van der Waals surface area contributed by atoms with Crippen molar-refractivity contribution in [1.82, 2.24) is 9.80 Å². The molecule has 0 saturated carbocycles. The van der Waals surface area contributed by atoms with Gasteiger partial charge in [0, 0.05) is 31.2 Å². The van der Waals surface area contributed by atoms with Gasteiger partial charge in [-0.15, -0.1) is 0 Å². The zero-order valence-corrected chi connectivity index (χ0v) is 14.3. The number of carbonyl (C=O) groups excluding carboxylic acids is 1. The van der Waals surface area contributed by atoms with Gasteiger partial charge in [-0.25, -0.2) is 0 Å². The van der Waals surface area contributed by atoms with Gasteiger partial charge in [0.1, 0.15) is 0 Å². The fraction of sp³-hybridized carbons (Fsp3) is 0.611. The molecule has 0 aromatic heterocycles. The van der Waals surface area contributed by atoms with E-state index < -0.39 is 0 Å². The molecule has 1 amide bonds. The lowest BCUT2D eigenvalue weighted by molar-refractivity contribution is -0.134. The number of hydrogen-bond acceptors (Lipinski definition) is 3. The molecule has 0 aliphatic carbocycles. The van der Waals surface area contributed by atoms with Crippen LogP contribution in [0.1, 0.15) is 37.4 Å². The van der Waals surface area contributed by atoms with Crippen molar-refractivity contribution in [2.45, 2.75) is 31.8 Å². The maximum Gasteiger partial charge on any atom is 0.236 e. The van der Waals surface area contributed by atoms with Gasteiger partial charge in [-0.3, -0.25) is 9.69 Å². The van der Waals surface area contributed by atoms with E-state index in [2.05, 4.69) is 4.90 Å². The lowest BCUT2D eigenvalue weighted by atomic mass is 10.1. The van der Waals surface area contributed by atoms with Gasteiger partial charge < -0.3 is 9.64 Å². The van der Waals surface area contributed by atoms with Crippen molar-refractivity contribution in [3.63, 3.8) is 0 Å². The van der Waals surface area contributed by atoms with Crippen molar-refractivity contribution in [3.8, 4) is 0 Å². The highest BCUT2D eigenvalue weighted by Gasteiger charge is 2.25. The standard InChI is InChI=1S/C18H25ClN2O2/c19-16-7-5-15(6-8-16)17-13-20(11-12-23-17)14-18(22)21-9-3-1-2-4-10-21/h5-8,17H,1-4,9-14H2/t17-/m0/s1. The Morgan fingerprint density at radius 3 is 2.48 bits per heavy atom. The van der Waals surface area contributed by atoms with Crippen LogP contribution in [0.15, 0.2) is 24.3 Å². The first kappa shape index (κ1) is 16.7. The van der Waals surface area contributed by atoms with Gasteiger partial charge in [-0.1, -0.05) is 36.6 Å². The third-order valence-corrected chi connectivity index (χ3v) is 4.96. The summed E-state index contributed by atoms with van der Waals surface area (Å²) in [4.78, 5) is 16.8. The average Bonchev–Trinajstić information content (AvgIpc) is 2.85. The van der Waals surface area contributed by atoms with E-state index in [4.69, 9.17) is 16.3 Å². The normalized spacial score (nSPS) is 23.5. The molecule has 0 radical (unpaired) electrons. The number of ether oxygens (including phenoxy) is 1. The molecule has 2 saturated heterocycles. The summed E-state index contributed by atoms with van der Waals surface area (Å²) >= 11 is 5.95. The van der Waals surface area contributed by atoms with Gasteiger partial charge >= 0.3 is 0 Å². The maximum atomic E-state index is 12.5. The van der Waals surface area contributed by atoms with Crippen LogP contribution in [0.3, 0.4) is 0 Å². The van der Waals surface area contributed by atoms with Gasteiger partial charge in [0.25, 0.3) is 0 Å². The third-order valence-electron chi connectivity index (χ3n) is 4.71. The first-order valence-electron chi connectivity index (χ1n) is 8.59. The Balaban J connectivity index is 1.55. The summed E-state index contributed by atoms with van der Waals surface area (Å²) in [6.45, 7) is 4.60. The number of rotatable bonds is 3. The molecule has 2 aliphatic rings. The highest BCUT2D eigenvalue weighted by atomic mass is 35.5. The Hall–Kier alpha value is -1.10. The quantitative estimate of drug-likeness (QED) is 0.850. The molecule has 1 atom stereocenters. The Morgan fingerprint density at radius 2 is 1.78 bits per heavy atom. The van der Waals surface area contributed by atoms with Crippen LogP contribution in [0.2, 0.25) is 5.02 Å². The van der Waals surface area contributed by atoms with Gasteiger partial charge in [0.05, 0.1) is 19.3 Å². The molecular weight excluding hydrogens is 312 g/mol. The molecule has 0 bridgehead atoms. The first-order chi connectivity index (χ1) is 11.2. The first-order valence-corrected chi connectivity index (χ1v) is 8.97. The second-order valence-corrected chi connectivity index (χ2v) is 6.88. The number of likely N-dealkylation sites (tertiary alicyclic amines) is 1. The largest absolute Gasteiger partial charge is 0.371 e. The molecule has 1 aromatic carbocycles. The van der Waals surface area contributed by atoms with E-state index in [1.807, 2.05) is 29.2 Å². The monoisotopic (exact) mass is 336 g/mol. The second-order valence-electron chi connectivity index (χ2n) is 6.44. The summed E-state index contributed by atoms with van der Waals surface area (Å²) in [5, 5.41) is 0.734. The molecular formula is C18H25ClN2O2. The van der Waals surface area contributed by atoms with E-state index in [9.17, 15) is 4.79 Å². The summed E-state index contributed by atoms with van der Waals surface area (Å²) < 4.78 is 5.87. The van der Waals surface area contributed by atoms with E-state index in [0.29, 0.717) is 13.2 Å². The lowest BCUT2D eigenvalue weighted by Gasteiger charge is -2.34. The molecule has 2 fully saturated rings. The van der Waals surface area contributed by atoms with Crippen LogP contribution < -0.4 is 0 Å². The molecule has 0 unspecified atom stereocenters. The van der Waals surface area contributed by atoms with Crippen LogP contribution in [-0.2, 0) is 9.53 Å². The van der Waals surface area contributed by atoms with Gasteiger partial charge in [-0.05, 0) is 30.5 Å². The zero-order valence-electron chi connectivity index (χ0n) is 13.5. The zero-order chi connectivity index (χ0) is 16.1. The molecule has 4 nitrogen and oxygen atoms in total. The Bertz CT molecular complexity index is 512. The van der Waals surface area contributed by atoms with Gasteiger partial charge in [0.15, 0.2) is 0 Å². The molecule has 0 N–H and O–H groups in total. The van der Waals surface area contributed by atoms with Crippen molar-refractivity contribution in [2.24, 2.45) is 0 Å². The minimum Gasteiger partial charge on any atom is -0.371 e.